The van der Waals surface area contributed by atoms with Gasteiger partial charge in [-0.1, -0.05) is 23.4 Å². The summed E-state index contributed by atoms with van der Waals surface area (Å²) in [6.45, 7) is 0. The fourth-order valence-electron chi connectivity index (χ4n) is 1.58. The van der Waals surface area contributed by atoms with E-state index in [1.54, 1.807) is 35.1 Å². The number of hydrogen-bond donors (Lipinski definition) is 1. The molecule has 0 fully saturated rings. The van der Waals surface area contributed by atoms with Crippen LogP contribution in [-0.2, 0) is 5.75 Å². The molecule has 0 spiro atoms. The minimum Gasteiger partial charge on any atom is -0.508 e. The van der Waals surface area contributed by atoms with Crippen LogP contribution in [0.2, 0.25) is 5.15 Å². The summed E-state index contributed by atoms with van der Waals surface area (Å²) >= 11 is 7.12. The summed E-state index contributed by atoms with van der Waals surface area (Å²) < 4.78 is 1.59. The van der Waals surface area contributed by atoms with Crippen LogP contribution in [0.5, 0.6) is 5.75 Å². The van der Waals surface area contributed by atoms with Crippen molar-refractivity contribution in [2.45, 2.75) is 10.9 Å². The van der Waals surface area contributed by atoms with Gasteiger partial charge in [0.1, 0.15) is 10.9 Å². The fourth-order valence-corrected chi connectivity index (χ4v) is 2.46. The highest BCUT2D eigenvalue weighted by Gasteiger charge is 2.09. The van der Waals surface area contributed by atoms with Crippen molar-refractivity contribution in [3.05, 3.63) is 47.5 Å². The Hall–Kier alpha value is -2.19. The zero-order valence-electron chi connectivity index (χ0n) is 10.6. The number of benzene rings is 1. The van der Waals surface area contributed by atoms with Crippen molar-refractivity contribution >= 4 is 23.4 Å². The maximum atomic E-state index is 9.31. The lowest BCUT2D eigenvalue weighted by molar-refractivity contribution is 0.475. The molecule has 9 heteroatoms. The Morgan fingerprint density at radius 3 is 2.67 bits per heavy atom. The Bertz CT molecular complexity index is 730. The molecule has 3 aromatic rings. The molecule has 0 atom stereocenters. The van der Waals surface area contributed by atoms with Crippen molar-refractivity contribution in [3.63, 3.8) is 0 Å². The lowest BCUT2D eigenvalue weighted by Gasteiger charge is -2.04. The van der Waals surface area contributed by atoms with Gasteiger partial charge in [0, 0.05) is 5.75 Å². The summed E-state index contributed by atoms with van der Waals surface area (Å²) in [6.07, 6.45) is 3.12. The standard InChI is InChI=1S/C12H9ClN6OS/c13-11-6-14-8(5-15-11)7-21-12-16-17-18-19(12)9-1-3-10(20)4-2-9/h1-6,20H,7H2. The predicted molar refractivity (Wildman–Crippen MR) is 77.4 cm³/mol. The molecule has 7 nitrogen and oxygen atoms in total. The number of aromatic hydroxyl groups is 1. The number of phenolic OH excluding ortho intramolecular Hbond substituents is 1. The quantitative estimate of drug-likeness (QED) is 0.736. The molecule has 0 aliphatic carbocycles. The van der Waals surface area contributed by atoms with Crippen molar-refractivity contribution in [1.82, 2.24) is 30.2 Å². The molecule has 1 N–H and O–H groups in total. The lowest BCUT2D eigenvalue weighted by atomic mass is 10.3. The second-order valence-corrected chi connectivity index (χ2v) is 5.34. The van der Waals surface area contributed by atoms with E-state index in [9.17, 15) is 5.11 Å². The average molecular weight is 321 g/mol. The van der Waals surface area contributed by atoms with Crippen molar-refractivity contribution in [1.29, 1.82) is 0 Å². The first kappa shape index (κ1) is 13.8. The van der Waals surface area contributed by atoms with Crippen LogP contribution in [0.1, 0.15) is 5.69 Å². The van der Waals surface area contributed by atoms with Gasteiger partial charge in [-0.2, -0.15) is 4.68 Å². The van der Waals surface area contributed by atoms with Crippen molar-refractivity contribution in [2.24, 2.45) is 0 Å². The van der Waals surface area contributed by atoms with E-state index in [0.29, 0.717) is 16.1 Å². The molecule has 1 aromatic carbocycles. The Morgan fingerprint density at radius 1 is 1.14 bits per heavy atom. The molecule has 106 valence electrons. The van der Waals surface area contributed by atoms with E-state index in [2.05, 4.69) is 25.5 Å². The molecule has 0 unspecified atom stereocenters. The predicted octanol–water partition coefficient (Wildman–Crippen LogP) is 2.10. The Morgan fingerprint density at radius 2 is 1.95 bits per heavy atom. The van der Waals surface area contributed by atoms with Crippen LogP contribution in [0, 0.1) is 0 Å². The van der Waals surface area contributed by atoms with Gasteiger partial charge in [-0.05, 0) is 34.7 Å². The fraction of sp³-hybridized carbons (Fsp3) is 0.0833. The molecule has 0 saturated heterocycles. The number of hydrogen-bond acceptors (Lipinski definition) is 7. The SMILES string of the molecule is Oc1ccc(-n2nnnc2SCc2cnc(Cl)cn2)cc1. The first-order valence-electron chi connectivity index (χ1n) is 5.89. The van der Waals surface area contributed by atoms with Crippen LogP contribution in [-0.4, -0.2) is 35.3 Å². The van der Waals surface area contributed by atoms with Crippen LogP contribution in [0.25, 0.3) is 5.69 Å². The van der Waals surface area contributed by atoms with Gasteiger partial charge in [-0.15, -0.1) is 5.10 Å². The zero-order valence-corrected chi connectivity index (χ0v) is 12.2. The molecule has 0 aliphatic heterocycles. The third-order valence-corrected chi connectivity index (χ3v) is 3.71. The van der Waals surface area contributed by atoms with Crippen LogP contribution in [0.4, 0.5) is 0 Å². The van der Waals surface area contributed by atoms with Crippen molar-refractivity contribution in [3.8, 4) is 11.4 Å². The van der Waals surface area contributed by atoms with E-state index in [1.807, 2.05) is 0 Å². The van der Waals surface area contributed by atoms with E-state index < -0.39 is 0 Å². The minimum atomic E-state index is 0.192. The van der Waals surface area contributed by atoms with E-state index in [0.717, 1.165) is 11.4 Å². The number of nitrogens with zero attached hydrogens (tertiary/aromatic N) is 6. The monoisotopic (exact) mass is 320 g/mol. The van der Waals surface area contributed by atoms with Gasteiger partial charge in [0.05, 0.1) is 23.8 Å². The number of tetrazole rings is 1. The van der Waals surface area contributed by atoms with Crippen LogP contribution in [0.3, 0.4) is 0 Å². The molecule has 0 radical (unpaired) electrons. The summed E-state index contributed by atoms with van der Waals surface area (Å²) in [6, 6.07) is 6.63. The minimum absolute atomic E-state index is 0.192. The second kappa shape index (κ2) is 6.06. The smallest absolute Gasteiger partial charge is 0.214 e. The Kier molecular flexibility index (Phi) is 3.98. The van der Waals surface area contributed by atoms with Crippen molar-refractivity contribution < 1.29 is 5.11 Å². The molecule has 0 bridgehead atoms. The summed E-state index contributed by atoms with van der Waals surface area (Å²) in [5.74, 6) is 0.764. The first-order valence-corrected chi connectivity index (χ1v) is 7.26. The topological polar surface area (TPSA) is 89.6 Å². The van der Waals surface area contributed by atoms with Gasteiger partial charge in [0.25, 0.3) is 0 Å². The third-order valence-electron chi connectivity index (χ3n) is 2.56. The normalized spacial score (nSPS) is 10.7. The molecule has 0 saturated carbocycles. The molecule has 0 amide bonds. The van der Waals surface area contributed by atoms with Crippen LogP contribution >= 0.6 is 23.4 Å². The first-order chi connectivity index (χ1) is 10.2. The summed E-state index contributed by atoms with van der Waals surface area (Å²) in [5.41, 5.74) is 1.55. The summed E-state index contributed by atoms with van der Waals surface area (Å²) in [7, 11) is 0. The summed E-state index contributed by atoms with van der Waals surface area (Å²) in [4.78, 5) is 8.14. The van der Waals surface area contributed by atoms with Gasteiger partial charge in [-0.25, -0.2) is 4.98 Å². The van der Waals surface area contributed by atoms with E-state index in [4.69, 9.17) is 11.6 Å². The molecular weight excluding hydrogens is 312 g/mol. The maximum Gasteiger partial charge on any atom is 0.214 e. The molecular formula is C12H9ClN6OS. The number of thioether (sulfide) groups is 1. The van der Waals surface area contributed by atoms with Gasteiger partial charge >= 0.3 is 0 Å². The van der Waals surface area contributed by atoms with Gasteiger partial charge in [0.2, 0.25) is 5.16 Å². The Balaban J connectivity index is 1.76. The number of phenols is 1. The number of halogens is 1. The highest BCUT2D eigenvalue weighted by atomic mass is 35.5. The second-order valence-electron chi connectivity index (χ2n) is 4.01. The Labute approximate surface area is 129 Å². The molecule has 21 heavy (non-hydrogen) atoms. The lowest BCUT2D eigenvalue weighted by Crippen LogP contribution is -1.99. The molecule has 2 aromatic heterocycles. The zero-order chi connectivity index (χ0) is 14.7. The van der Waals surface area contributed by atoms with Crippen molar-refractivity contribution in [2.75, 3.05) is 0 Å². The third kappa shape index (κ3) is 3.29. The summed E-state index contributed by atoms with van der Waals surface area (Å²) in [5, 5.41) is 21.9. The van der Waals surface area contributed by atoms with E-state index in [-0.39, 0.29) is 5.75 Å². The highest BCUT2D eigenvalue weighted by Crippen LogP contribution is 2.22. The number of aromatic nitrogens is 6. The molecule has 3 rings (SSSR count). The largest absolute Gasteiger partial charge is 0.508 e. The van der Waals surface area contributed by atoms with E-state index >= 15 is 0 Å². The number of rotatable bonds is 4. The highest BCUT2D eigenvalue weighted by molar-refractivity contribution is 7.98. The van der Waals surface area contributed by atoms with E-state index in [1.165, 1.54) is 18.0 Å². The van der Waals surface area contributed by atoms with Crippen LogP contribution < -0.4 is 0 Å². The maximum absolute atomic E-state index is 9.31. The van der Waals surface area contributed by atoms with Gasteiger partial charge < -0.3 is 5.11 Å². The average Bonchev–Trinajstić information content (AvgIpc) is 2.96. The van der Waals surface area contributed by atoms with Crippen LogP contribution in [0.15, 0.2) is 41.8 Å². The molecule has 2 heterocycles. The van der Waals surface area contributed by atoms with Gasteiger partial charge in [-0.3, -0.25) is 4.98 Å². The molecule has 0 aliphatic rings. The van der Waals surface area contributed by atoms with Gasteiger partial charge in [0.15, 0.2) is 0 Å².